The zero-order chi connectivity index (χ0) is 12.7. The molecule has 1 aromatic carbocycles. The predicted octanol–water partition coefficient (Wildman–Crippen LogP) is 1.70. The Hall–Kier alpha value is -1.53. The lowest BCUT2D eigenvalue weighted by Gasteiger charge is -2.27. The summed E-state index contributed by atoms with van der Waals surface area (Å²) in [5, 5.41) is 4.38. The van der Waals surface area contributed by atoms with Gasteiger partial charge in [0.05, 0.1) is 0 Å². The van der Waals surface area contributed by atoms with Gasteiger partial charge in [-0.15, -0.1) is 0 Å². The van der Waals surface area contributed by atoms with E-state index in [0.717, 1.165) is 18.7 Å². The minimum absolute atomic E-state index is 0.00479. The number of fused-ring (bicyclic) bond motifs is 1. The van der Waals surface area contributed by atoms with Crippen molar-refractivity contribution < 1.29 is 13.2 Å². The highest BCUT2D eigenvalue weighted by atomic mass is 19.1. The van der Waals surface area contributed by atoms with Gasteiger partial charge in [0, 0.05) is 31.8 Å². The average molecular weight is 252 g/mol. The first kappa shape index (κ1) is 11.6. The van der Waals surface area contributed by atoms with Gasteiger partial charge in [0.2, 0.25) is 5.89 Å². The molecule has 1 fully saturated rings. The van der Waals surface area contributed by atoms with E-state index >= 15 is 0 Å². The van der Waals surface area contributed by atoms with E-state index in [1.54, 1.807) is 0 Å². The number of aromatic nitrogens is 1. The van der Waals surface area contributed by atoms with Crippen LogP contribution < -0.4 is 5.32 Å². The molecule has 1 saturated heterocycles. The molecule has 0 amide bonds. The second-order valence-electron chi connectivity index (χ2n) is 4.47. The number of benzene rings is 1. The molecule has 1 aliphatic heterocycles. The number of halogens is 2. The molecule has 1 aromatic heterocycles. The van der Waals surface area contributed by atoms with Gasteiger partial charge in [0.25, 0.3) is 0 Å². The van der Waals surface area contributed by atoms with E-state index in [1.165, 1.54) is 0 Å². The highest BCUT2D eigenvalue weighted by molar-refractivity contribution is 5.73. The smallest absolute Gasteiger partial charge is 0.215 e. The molecule has 1 radical (unpaired) electrons. The van der Waals surface area contributed by atoms with Crippen molar-refractivity contribution in [2.24, 2.45) is 0 Å². The summed E-state index contributed by atoms with van der Waals surface area (Å²) in [7, 11) is 1.98. The van der Waals surface area contributed by atoms with Crippen molar-refractivity contribution in [1.82, 2.24) is 15.2 Å². The molecular weight excluding hydrogens is 240 g/mol. The molecule has 18 heavy (non-hydrogen) atoms. The molecule has 0 spiro atoms. The van der Waals surface area contributed by atoms with E-state index < -0.39 is 11.6 Å². The molecule has 2 aromatic rings. The van der Waals surface area contributed by atoms with Gasteiger partial charge in [-0.25, -0.2) is 19.1 Å². The van der Waals surface area contributed by atoms with Crippen LogP contribution >= 0.6 is 0 Å². The largest absolute Gasteiger partial charge is 0.436 e. The first-order valence-corrected chi connectivity index (χ1v) is 5.74. The molecule has 1 atom stereocenters. The number of hydrogen-bond acceptors (Lipinski definition) is 3. The highest BCUT2D eigenvalue weighted by Gasteiger charge is 2.25. The van der Waals surface area contributed by atoms with Crippen LogP contribution in [0.5, 0.6) is 0 Å². The first-order chi connectivity index (χ1) is 8.63. The fourth-order valence-corrected chi connectivity index (χ4v) is 2.10. The number of oxazole rings is 1. The second kappa shape index (κ2) is 4.29. The summed E-state index contributed by atoms with van der Waals surface area (Å²) < 4.78 is 31.9. The third kappa shape index (κ3) is 1.97. The minimum Gasteiger partial charge on any atom is -0.436 e. The van der Waals surface area contributed by atoms with Gasteiger partial charge in [-0.1, -0.05) is 0 Å². The van der Waals surface area contributed by atoms with Gasteiger partial charge in [-0.3, -0.25) is 0 Å². The van der Waals surface area contributed by atoms with Crippen molar-refractivity contribution in [2.75, 3.05) is 26.7 Å². The van der Waals surface area contributed by atoms with Crippen LogP contribution in [0.4, 0.5) is 8.78 Å². The monoisotopic (exact) mass is 252 g/mol. The quantitative estimate of drug-likeness (QED) is 0.775. The van der Waals surface area contributed by atoms with E-state index in [9.17, 15) is 8.78 Å². The Morgan fingerprint density at radius 2 is 2.22 bits per heavy atom. The van der Waals surface area contributed by atoms with E-state index in [1.807, 2.05) is 7.05 Å². The third-order valence-electron chi connectivity index (χ3n) is 3.03. The standard InChI is InChI=1S/C12H12F2N3O/c1-17-3-2-15-10(6-17)12-16-9-5-7(13)4-8(14)11(9)18-12/h4-5,10H,2-3,6H2,1H3. The van der Waals surface area contributed by atoms with E-state index in [4.69, 9.17) is 4.42 Å². The fraction of sp³-hybridized carbons (Fsp3) is 0.417. The van der Waals surface area contributed by atoms with Crippen LogP contribution in [0.15, 0.2) is 16.5 Å². The number of likely N-dealkylation sites (N-methyl/N-ethyl adjacent to an activating group) is 1. The van der Waals surface area contributed by atoms with Gasteiger partial charge in [-0.05, 0) is 7.05 Å². The summed E-state index contributed by atoms with van der Waals surface area (Å²) in [6.45, 7) is 2.26. The van der Waals surface area contributed by atoms with Crippen molar-refractivity contribution in [2.45, 2.75) is 6.04 Å². The van der Waals surface area contributed by atoms with Crippen LogP contribution in [0.1, 0.15) is 11.9 Å². The van der Waals surface area contributed by atoms with Crippen molar-refractivity contribution in [3.63, 3.8) is 0 Å². The minimum atomic E-state index is -0.729. The summed E-state index contributed by atoms with van der Waals surface area (Å²) in [5.74, 6) is -1.04. The Balaban J connectivity index is 2.00. The van der Waals surface area contributed by atoms with Gasteiger partial charge in [0.15, 0.2) is 11.4 Å². The Labute approximate surface area is 103 Å². The molecule has 0 N–H and O–H groups in total. The molecule has 6 heteroatoms. The highest BCUT2D eigenvalue weighted by Crippen LogP contribution is 2.25. The van der Waals surface area contributed by atoms with Crippen molar-refractivity contribution in [3.05, 3.63) is 29.7 Å². The molecule has 0 aliphatic carbocycles. The van der Waals surface area contributed by atoms with Crippen LogP contribution in [0.2, 0.25) is 0 Å². The van der Waals surface area contributed by atoms with Gasteiger partial charge in [0.1, 0.15) is 17.4 Å². The predicted molar refractivity (Wildman–Crippen MR) is 61.2 cm³/mol. The molecule has 0 bridgehead atoms. The molecule has 3 rings (SSSR count). The SMILES string of the molecule is CN1CC[N]C(c2nc3cc(F)cc(F)c3o2)C1. The first-order valence-electron chi connectivity index (χ1n) is 5.74. The van der Waals surface area contributed by atoms with Crippen LogP contribution in [0, 0.1) is 11.6 Å². The average Bonchev–Trinajstić information content (AvgIpc) is 2.73. The van der Waals surface area contributed by atoms with Crippen molar-refractivity contribution in [1.29, 1.82) is 0 Å². The van der Waals surface area contributed by atoms with Crippen LogP contribution in [-0.2, 0) is 0 Å². The molecule has 2 heterocycles. The van der Waals surface area contributed by atoms with Gasteiger partial charge in [-0.2, -0.15) is 0 Å². The summed E-state index contributed by atoms with van der Waals surface area (Å²) in [6.07, 6.45) is 0. The summed E-state index contributed by atoms with van der Waals surface area (Å²) in [5.41, 5.74) is 0.195. The van der Waals surface area contributed by atoms with E-state index in [0.29, 0.717) is 19.0 Å². The van der Waals surface area contributed by atoms with Crippen LogP contribution in [0.25, 0.3) is 11.1 Å². The lowest BCUT2D eigenvalue weighted by molar-refractivity contribution is 0.216. The van der Waals surface area contributed by atoms with Crippen molar-refractivity contribution in [3.8, 4) is 0 Å². The lowest BCUT2D eigenvalue weighted by atomic mass is 10.2. The number of hydrogen-bond donors (Lipinski definition) is 0. The second-order valence-corrected chi connectivity index (χ2v) is 4.47. The van der Waals surface area contributed by atoms with Crippen LogP contribution in [-0.4, -0.2) is 36.6 Å². The van der Waals surface area contributed by atoms with Gasteiger partial charge < -0.3 is 9.32 Å². The zero-order valence-corrected chi connectivity index (χ0v) is 9.86. The number of nitrogens with zero attached hydrogens (tertiary/aromatic N) is 3. The lowest BCUT2D eigenvalue weighted by Crippen LogP contribution is -2.40. The molecular formula is C12H12F2N3O. The Bertz CT molecular complexity index is 584. The topological polar surface area (TPSA) is 43.4 Å². The van der Waals surface area contributed by atoms with Crippen molar-refractivity contribution >= 4 is 11.1 Å². The van der Waals surface area contributed by atoms with Crippen LogP contribution in [0.3, 0.4) is 0 Å². The zero-order valence-electron chi connectivity index (χ0n) is 9.86. The summed E-state index contributed by atoms with van der Waals surface area (Å²) in [6, 6.07) is 1.75. The Kier molecular flexibility index (Phi) is 2.76. The maximum Gasteiger partial charge on any atom is 0.215 e. The summed E-state index contributed by atoms with van der Waals surface area (Å²) in [4.78, 5) is 6.23. The fourth-order valence-electron chi connectivity index (χ4n) is 2.10. The maximum atomic E-state index is 13.5. The number of piperazine rings is 1. The Morgan fingerprint density at radius 3 is 3.00 bits per heavy atom. The molecule has 95 valence electrons. The van der Waals surface area contributed by atoms with Gasteiger partial charge >= 0.3 is 0 Å². The van der Waals surface area contributed by atoms with E-state index in [2.05, 4.69) is 15.2 Å². The Morgan fingerprint density at radius 1 is 1.39 bits per heavy atom. The molecule has 4 nitrogen and oxygen atoms in total. The molecule has 1 unspecified atom stereocenters. The molecule has 0 saturated carbocycles. The normalized spacial score (nSPS) is 21.6. The number of rotatable bonds is 1. The maximum absolute atomic E-state index is 13.5. The summed E-state index contributed by atoms with van der Waals surface area (Å²) >= 11 is 0. The van der Waals surface area contributed by atoms with E-state index in [-0.39, 0.29) is 17.1 Å². The molecule has 1 aliphatic rings. The third-order valence-corrected chi connectivity index (χ3v) is 3.03.